The molecule has 27 heavy (non-hydrogen) atoms. The van der Waals surface area contributed by atoms with E-state index >= 15 is 0 Å². The van der Waals surface area contributed by atoms with Crippen molar-refractivity contribution in [3.63, 3.8) is 0 Å². The Morgan fingerprint density at radius 2 is 2.07 bits per heavy atom. The summed E-state index contributed by atoms with van der Waals surface area (Å²) in [5.41, 5.74) is 1.77. The highest BCUT2D eigenvalue weighted by atomic mass is 79.9. The maximum Gasteiger partial charge on any atom is 0.241 e. The van der Waals surface area contributed by atoms with Crippen LogP contribution in [0.2, 0.25) is 0 Å². The summed E-state index contributed by atoms with van der Waals surface area (Å²) in [6.07, 6.45) is 4.87. The van der Waals surface area contributed by atoms with Crippen LogP contribution in [0, 0.1) is 5.92 Å². The number of fused-ring (bicyclic) bond motifs is 1. The van der Waals surface area contributed by atoms with Gasteiger partial charge in [-0.1, -0.05) is 13.3 Å². The van der Waals surface area contributed by atoms with Crippen molar-refractivity contribution >= 4 is 37.5 Å². The second-order valence-electron chi connectivity index (χ2n) is 7.48. The number of unbranched alkanes of at least 4 members (excludes halogenated alkanes) is 1. The van der Waals surface area contributed by atoms with Crippen molar-refractivity contribution in [3.05, 3.63) is 22.2 Å². The lowest BCUT2D eigenvalue weighted by Gasteiger charge is -2.19. The molecule has 0 spiro atoms. The predicted molar refractivity (Wildman–Crippen MR) is 111 cm³/mol. The molecule has 1 aliphatic carbocycles. The van der Waals surface area contributed by atoms with Gasteiger partial charge < -0.3 is 9.80 Å². The molecule has 1 aromatic rings. The van der Waals surface area contributed by atoms with Crippen LogP contribution in [0.4, 0.5) is 5.69 Å². The first kappa shape index (κ1) is 20.8. The molecule has 0 radical (unpaired) electrons. The number of likely N-dealkylation sites (N-methyl/N-ethyl adjacent to an activating group) is 1. The zero-order chi connectivity index (χ0) is 19.6. The number of nitrogens with zero attached hydrogens (tertiary/aromatic N) is 2. The Morgan fingerprint density at radius 3 is 2.74 bits per heavy atom. The van der Waals surface area contributed by atoms with Crippen molar-refractivity contribution in [1.82, 2.24) is 9.62 Å². The molecule has 1 amide bonds. The van der Waals surface area contributed by atoms with Crippen LogP contribution in [0.3, 0.4) is 0 Å². The Balaban J connectivity index is 1.72. The number of benzene rings is 1. The molecule has 0 bridgehead atoms. The summed E-state index contributed by atoms with van der Waals surface area (Å²) in [6.45, 7) is 4.75. The third kappa shape index (κ3) is 4.91. The average molecular weight is 458 g/mol. The number of halogens is 1. The molecule has 3 rings (SSSR count). The van der Waals surface area contributed by atoms with Crippen molar-refractivity contribution < 1.29 is 13.2 Å². The first-order chi connectivity index (χ1) is 12.8. The summed E-state index contributed by atoms with van der Waals surface area (Å²) in [7, 11) is -1.65. The number of nitrogens with one attached hydrogen (secondary N) is 1. The fraction of sp³-hybridized carbons (Fsp3) is 0.632. The van der Waals surface area contributed by atoms with E-state index in [0.29, 0.717) is 24.1 Å². The van der Waals surface area contributed by atoms with Gasteiger partial charge in [-0.3, -0.25) is 4.79 Å². The highest BCUT2D eigenvalue weighted by Crippen LogP contribution is 2.39. The topological polar surface area (TPSA) is 69.7 Å². The molecule has 1 N–H and O–H groups in total. The summed E-state index contributed by atoms with van der Waals surface area (Å²) in [4.78, 5) is 16.6. The molecule has 6 nitrogen and oxygen atoms in total. The zero-order valence-corrected chi connectivity index (χ0v) is 18.4. The summed E-state index contributed by atoms with van der Waals surface area (Å²) >= 11 is 3.41. The molecule has 1 fully saturated rings. The quantitative estimate of drug-likeness (QED) is 0.618. The Morgan fingerprint density at radius 1 is 1.33 bits per heavy atom. The Kier molecular flexibility index (Phi) is 6.61. The van der Waals surface area contributed by atoms with Gasteiger partial charge in [0.15, 0.2) is 0 Å². The van der Waals surface area contributed by atoms with Crippen molar-refractivity contribution in [3.8, 4) is 0 Å². The van der Waals surface area contributed by atoms with Gasteiger partial charge in [-0.25, -0.2) is 13.1 Å². The van der Waals surface area contributed by atoms with Crippen molar-refractivity contribution in [1.29, 1.82) is 0 Å². The minimum atomic E-state index is -3.64. The predicted octanol–water partition coefficient (Wildman–Crippen LogP) is 2.76. The van der Waals surface area contributed by atoms with Crippen LogP contribution in [0.5, 0.6) is 0 Å². The van der Waals surface area contributed by atoms with E-state index in [1.54, 1.807) is 11.0 Å². The monoisotopic (exact) mass is 457 g/mol. The molecule has 0 saturated heterocycles. The normalized spacial score (nSPS) is 16.8. The molecule has 0 aromatic heterocycles. The lowest BCUT2D eigenvalue weighted by Crippen LogP contribution is -2.34. The average Bonchev–Trinajstić information content (AvgIpc) is 3.39. The molecule has 1 aliphatic heterocycles. The maximum atomic E-state index is 12.8. The van der Waals surface area contributed by atoms with Crippen molar-refractivity contribution in [2.24, 2.45) is 5.92 Å². The van der Waals surface area contributed by atoms with E-state index in [0.717, 1.165) is 49.9 Å². The molecule has 8 heteroatoms. The maximum absolute atomic E-state index is 12.8. The van der Waals surface area contributed by atoms with Gasteiger partial charge in [0.2, 0.25) is 15.9 Å². The van der Waals surface area contributed by atoms with Crippen LogP contribution in [-0.2, 0) is 21.2 Å². The fourth-order valence-electron chi connectivity index (χ4n) is 3.36. The van der Waals surface area contributed by atoms with Gasteiger partial charge in [0.25, 0.3) is 0 Å². The minimum Gasteiger partial charge on any atom is -0.312 e. The minimum absolute atomic E-state index is 0.122. The van der Waals surface area contributed by atoms with Gasteiger partial charge in [0, 0.05) is 35.7 Å². The fourth-order valence-corrected chi connectivity index (χ4v) is 5.49. The third-order valence-electron chi connectivity index (χ3n) is 5.19. The number of anilines is 1. The van der Waals surface area contributed by atoms with E-state index in [9.17, 15) is 13.2 Å². The van der Waals surface area contributed by atoms with Crippen LogP contribution in [0.15, 0.2) is 21.5 Å². The summed E-state index contributed by atoms with van der Waals surface area (Å²) in [5.74, 6) is 0.251. The van der Waals surface area contributed by atoms with Crippen LogP contribution in [0.25, 0.3) is 0 Å². The first-order valence-electron chi connectivity index (χ1n) is 9.65. The number of carbonyl (C=O) groups excluding carboxylic acids is 1. The molecule has 2 aliphatic rings. The molecule has 1 saturated carbocycles. The zero-order valence-electron chi connectivity index (χ0n) is 16.0. The summed E-state index contributed by atoms with van der Waals surface area (Å²) in [5, 5.41) is 0. The Hall–Kier alpha value is -0.960. The lowest BCUT2D eigenvalue weighted by molar-refractivity contribution is -0.119. The van der Waals surface area contributed by atoms with Gasteiger partial charge >= 0.3 is 0 Å². The van der Waals surface area contributed by atoms with Crippen LogP contribution < -0.4 is 9.62 Å². The van der Waals surface area contributed by atoms with Crippen molar-refractivity contribution in [2.45, 2.75) is 43.9 Å². The van der Waals surface area contributed by atoms with Gasteiger partial charge in [-0.15, -0.1) is 0 Å². The summed E-state index contributed by atoms with van der Waals surface area (Å²) in [6, 6.07) is 3.49. The second-order valence-corrected chi connectivity index (χ2v) is 10.1. The third-order valence-corrected chi connectivity index (χ3v) is 7.61. The molecular formula is C19H28BrN3O3S. The number of rotatable bonds is 9. The molecule has 0 atom stereocenters. The number of hydrogen-bond acceptors (Lipinski definition) is 4. The molecule has 1 heterocycles. The number of carbonyl (C=O) groups is 1. The Labute approximate surface area is 170 Å². The molecular weight excluding hydrogens is 430 g/mol. The van der Waals surface area contributed by atoms with Crippen LogP contribution >= 0.6 is 15.9 Å². The summed E-state index contributed by atoms with van der Waals surface area (Å²) < 4.78 is 28.9. The molecule has 0 unspecified atom stereocenters. The highest BCUT2D eigenvalue weighted by molar-refractivity contribution is 9.10. The van der Waals surface area contributed by atoms with Crippen molar-refractivity contribution in [2.75, 3.05) is 38.1 Å². The lowest BCUT2D eigenvalue weighted by atomic mass is 10.2. The highest BCUT2D eigenvalue weighted by Gasteiger charge is 2.37. The van der Waals surface area contributed by atoms with Gasteiger partial charge in [0.05, 0.1) is 4.90 Å². The molecule has 150 valence electrons. The van der Waals surface area contributed by atoms with E-state index in [-0.39, 0.29) is 16.7 Å². The van der Waals surface area contributed by atoms with E-state index in [2.05, 4.69) is 32.5 Å². The van der Waals surface area contributed by atoms with E-state index in [4.69, 9.17) is 0 Å². The second kappa shape index (κ2) is 8.59. The van der Waals surface area contributed by atoms with Gasteiger partial charge in [-0.2, -0.15) is 0 Å². The van der Waals surface area contributed by atoms with Gasteiger partial charge in [0.1, 0.15) is 0 Å². The van der Waals surface area contributed by atoms with Crippen LogP contribution in [-0.4, -0.2) is 52.5 Å². The van der Waals surface area contributed by atoms with Gasteiger partial charge in [-0.05, 0) is 72.9 Å². The van der Waals surface area contributed by atoms with E-state index < -0.39 is 10.0 Å². The van der Waals surface area contributed by atoms with Crippen LogP contribution in [0.1, 0.15) is 38.2 Å². The number of hydrogen-bond donors (Lipinski definition) is 1. The largest absolute Gasteiger partial charge is 0.312 e. The Bertz CT molecular complexity index is 809. The SMILES string of the molecule is CCCCN(C)CCNS(=O)(=O)c1cc2c(cc1Br)CCN2C(=O)C1CC1. The smallest absolute Gasteiger partial charge is 0.241 e. The molecule has 1 aromatic carbocycles. The van der Waals surface area contributed by atoms with E-state index in [1.165, 1.54) is 0 Å². The number of sulfonamides is 1. The first-order valence-corrected chi connectivity index (χ1v) is 11.9. The van der Waals surface area contributed by atoms with E-state index in [1.807, 2.05) is 13.1 Å². The standard InChI is InChI=1S/C19H28BrN3O3S/c1-3-4-9-22(2)11-8-21-27(25,26)18-13-17-15(12-16(18)20)7-10-23(17)19(24)14-5-6-14/h12-14,21H,3-11H2,1-2H3. The number of amides is 1.